The molecule has 0 bridgehead atoms. The van der Waals surface area contributed by atoms with Crippen LogP contribution in [0.15, 0.2) is 0 Å². The van der Waals surface area contributed by atoms with Gasteiger partial charge in [0.2, 0.25) is 5.91 Å². The van der Waals surface area contributed by atoms with Crippen LogP contribution >= 0.6 is 0 Å². The van der Waals surface area contributed by atoms with Crippen molar-refractivity contribution in [3.63, 3.8) is 0 Å². The van der Waals surface area contributed by atoms with Gasteiger partial charge in [0.25, 0.3) is 0 Å². The van der Waals surface area contributed by atoms with E-state index in [0.29, 0.717) is 11.9 Å². The first-order valence-corrected chi connectivity index (χ1v) is 10.0. The van der Waals surface area contributed by atoms with Crippen LogP contribution in [0.5, 0.6) is 0 Å². The quantitative estimate of drug-likeness (QED) is 0.774. The van der Waals surface area contributed by atoms with Crippen molar-refractivity contribution < 1.29 is 14.3 Å². The molecule has 0 radical (unpaired) electrons. The summed E-state index contributed by atoms with van der Waals surface area (Å²) in [5, 5.41) is 0. The molecular formula is C19H32N2O3. The van der Waals surface area contributed by atoms with Gasteiger partial charge < -0.3 is 19.3 Å². The van der Waals surface area contributed by atoms with Crippen molar-refractivity contribution in [2.24, 2.45) is 5.92 Å². The molecule has 4 aliphatic heterocycles. The Kier molecular flexibility index (Phi) is 5.11. The molecule has 0 N–H and O–H groups in total. The SMILES string of the molecule is O=C(C1CCOCC1)N1CCC2(CC1)CC(N1CCCC1)CCO2. The van der Waals surface area contributed by atoms with E-state index in [1.165, 1.54) is 38.8 Å². The van der Waals surface area contributed by atoms with E-state index in [4.69, 9.17) is 9.47 Å². The molecule has 4 rings (SSSR count). The van der Waals surface area contributed by atoms with Crippen molar-refractivity contribution in [3.05, 3.63) is 0 Å². The van der Waals surface area contributed by atoms with E-state index in [9.17, 15) is 4.79 Å². The number of ether oxygens (including phenoxy) is 2. The molecule has 5 heteroatoms. The topological polar surface area (TPSA) is 42.0 Å². The summed E-state index contributed by atoms with van der Waals surface area (Å²) in [6, 6.07) is 0.707. The fourth-order valence-corrected chi connectivity index (χ4v) is 5.11. The van der Waals surface area contributed by atoms with E-state index in [-0.39, 0.29) is 11.5 Å². The number of hydrogen-bond donors (Lipinski definition) is 0. The van der Waals surface area contributed by atoms with E-state index >= 15 is 0 Å². The monoisotopic (exact) mass is 336 g/mol. The van der Waals surface area contributed by atoms with Crippen LogP contribution in [-0.4, -0.2) is 73.3 Å². The minimum absolute atomic E-state index is 0.0396. The predicted molar refractivity (Wildman–Crippen MR) is 91.9 cm³/mol. The number of nitrogens with zero attached hydrogens (tertiary/aromatic N) is 2. The van der Waals surface area contributed by atoms with Crippen molar-refractivity contribution in [2.75, 3.05) is 46.0 Å². The molecule has 0 aromatic heterocycles. The van der Waals surface area contributed by atoms with E-state index < -0.39 is 0 Å². The number of hydrogen-bond acceptors (Lipinski definition) is 4. The normalized spacial score (nSPS) is 32.3. The lowest BCUT2D eigenvalue weighted by Crippen LogP contribution is -2.55. The molecule has 1 spiro atoms. The summed E-state index contributed by atoms with van der Waals surface area (Å²) < 4.78 is 11.7. The number of piperidine rings is 1. The van der Waals surface area contributed by atoms with Gasteiger partial charge in [-0.15, -0.1) is 0 Å². The van der Waals surface area contributed by atoms with Crippen molar-refractivity contribution in [2.45, 2.75) is 63.0 Å². The first-order chi connectivity index (χ1) is 11.8. The maximum Gasteiger partial charge on any atom is 0.225 e. The van der Waals surface area contributed by atoms with Crippen molar-refractivity contribution in [1.29, 1.82) is 0 Å². The number of likely N-dealkylation sites (tertiary alicyclic amines) is 2. The average molecular weight is 336 g/mol. The Morgan fingerprint density at radius 3 is 2.33 bits per heavy atom. The molecule has 4 heterocycles. The molecule has 5 nitrogen and oxygen atoms in total. The molecule has 4 fully saturated rings. The largest absolute Gasteiger partial charge is 0.381 e. The van der Waals surface area contributed by atoms with Crippen LogP contribution in [-0.2, 0) is 14.3 Å². The van der Waals surface area contributed by atoms with Crippen LogP contribution in [0, 0.1) is 5.92 Å². The first-order valence-electron chi connectivity index (χ1n) is 10.0. The molecule has 1 amide bonds. The molecule has 1 atom stereocenters. The van der Waals surface area contributed by atoms with E-state index in [1.54, 1.807) is 0 Å². The van der Waals surface area contributed by atoms with E-state index in [0.717, 1.165) is 58.6 Å². The molecule has 0 aromatic carbocycles. The second kappa shape index (κ2) is 7.30. The van der Waals surface area contributed by atoms with E-state index in [1.807, 2.05) is 0 Å². The van der Waals surface area contributed by atoms with Crippen molar-refractivity contribution in [3.8, 4) is 0 Å². The Bertz CT molecular complexity index is 436. The maximum absolute atomic E-state index is 12.7. The Balaban J connectivity index is 1.32. The minimum atomic E-state index is 0.0396. The summed E-state index contributed by atoms with van der Waals surface area (Å²) in [5.74, 6) is 0.553. The fraction of sp³-hybridized carbons (Fsp3) is 0.947. The number of rotatable bonds is 2. The lowest BCUT2D eigenvalue weighted by Gasteiger charge is -2.48. The van der Waals surface area contributed by atoms with Crippen LogP contribution in [0.25, 0.3) is 0 Å². The second-order valence-electron chi connectivity index (χ2n) is 8.13. The van der Waals surface area contributed by atoms with Gasteiger partial charge in [0, 0.05) is 44.9 Å². The molecule has 0 aromatic rings. The van der Waals surface area contributed by atoms with Gasteiger partial charge in [0.15, 0.2) is 0 Å². The average Bonchev–Trinajstić information content (AvgIpc) is 3.17. The Hall–Kier alpha value is -0.650. The van der Waals surface area contributed by atoms with Gasteiger partial charge in [-0.3, -0.25) is 4.79 Å². The smallest absolute Gasteiger partial charge is 0.225 e. The highest BCUT2D eigenvalue weighted by molar-refractivity contribution is 5.79. The first kappa shape index (κ1) is 16.8. The van der Waals surface area contributed by atoms with Gasteiger partial charge in [-0.05, 0) is 64.5 Å². The summed E-state index contributed by atoms with van der Waals surface area (Å²) in [4.78, 5) is 17.5. The summed E-state index contributed by atoms with van der Waals surface area (Å²) in [6.45, 7) is 6.69. The highest BCUT2D eigenvalue weighted by Crippen LogP contribution is 2.38. The molecular weight excluding hydrogens is 304 g/mol. The Morgan fingerprint density at radius 1 is 0.917 bits per heavy atom. The van der Waals surface area contributed by atoms with Crippen LogP contribution in [0.1, 0.15) is 51.4 Å². The zero-order valence-electron chi connectivity index (χ0n) is 14.9. The summed E-state index contributed by atoms with van der Waals surface area (Å²) in [5.41, 5.74) is 0.0396. The van der Waals surface area contributed by atoms with Crippen molar-refractivity contribution in [1.82, 2.24) is 9.80 Å². The highest BCUT2D eigenvalue weighted by atomic mass is 16.5. The third-order valence-electron chi connectivity index (χ3n) is 6.68. The van der Waals surface area contributed by atoms with Gasteiger partial charge in [0.1, 0.15) is 0 Å². The van der Waals surface area contributed by atoms with Gasteiger partial charge in [0.05, 0.1) is 5.60 Å². The standard InChI is InChI=1S/C19H32N2O3/c22-18(16-3-12-23-13-4-16)21-10-6-19(7-11-21)15-17(5-14-24-19)20-8-1-2-9-20/h16-17H,1-15H2. The van der Waals surface area contributed by atoms with Gasteiger partial charge >= 0.3 is 0 Å². The number of carbonyl (C=O) groups excluding carboxylic acids is 1. The highest BCUT2D eigenvalue weighted by Gasteiger charge is 2.43. The number of amides is 1. The lowest BCUT2D eigenvalue weighted by atomic mass is 9.81. The van der Waals surface area contributed by atoms with Gasteiger partial charge in [-0.2, -0.15) is 0 Å². The Labute approximate surface area is 145 Å². The fourth-order valence-electron chi connectivity index (χ4n) is 5.11. The van der Waals surface area contributed by atoms with Crippen molar-refractivity contribution >= 4 is 5.91 Å². The molecule has 0 saturated carbocycles. The van der Waals surface area contributed by atoms with Gasteiger partial charge in [-0.1, -0.05) is 0 Å². The molecule has 0 aliphatic carbocycles. The van der Waals surface area contributed by atoms with Crippen LogP contribution in [0.2, 0.25) is 0 Å². The molecule has 4 saturated heterocycles. The van der Waals surface area contributed by atoms with Crippen LogP contribution < -0.4 is 0 Å². The summed E-state index contributed by atoms with van der Waals surface area (Å²) in [6.07, 6.45) is 8.91. The van der Waals surface area contributed by atoms with Crippen LogP contribution in [0.3, 0.4) is 0 Å². The summed E-state index contributed by atoms with van der Waals surface area (Å²) in [7, 11) is 0. The molecule has 24 heavy (non-hydrogen) atoms. The second-order valence-corrected chi connectivity index (χ2v) is 8.13. The third kappa shape index (κ3) is 3.49. The van der Waals surface area contributed by atoms with Gasteiger partial charge in [-0.25, -0.2) is 0 Å². The maximum atomic E-state index is 12.7. The zero-order chi connectivity index (χ0) is 16.4. The molecule has 136 valence electrons. The third-order valence-corrected chi connectivity index (χ3v) is 6.68. The molecule has 4 aliphatic rings. The predicted octanol–water partition coefficient (Wildman–Crippen LogP) is 2.05. The van der Waals surface area contributed by atoms with E-state index in [2.05, 4.69) is 9.80 Å². The number of carbonyl (C=O) groups is 1. The minimum Gasteiger partial charge on any atom is -0.381 e. The summed E-state index contributed by atoms with van der Waals surface area (Å²) >= 11 is 0. The molecule has 1 unspecified atom stereocenters. The lowest BCUT2D eigenvalue weighted by molar-refractivity contribution is -0.153. The van der Waals surface area contributed by atoms with Crippen LogP contribution in [0.4, 0.5) is 0 Å². The Morgan fingerprint density at radius 2 is 1.62 bits per heavy atom. The zero-order valence-corrected chi connectivity index (χ0v) is 14.9.